The van der Waals surface area contributed by atoms with Gasteiger partial charge in [-0.1, -0.05) is 0 Å². The molecule has 0 aromatic carbocycles. The fraction of sp³-hybridized carbons (Fsp3) is 0.714. The Bertz CT molecular complexity index is 164. The molecule has 62 valence electrons. The fourth-order valence-corrected chi connectivity index (χ4v) is 0.707. The van der Waals surface area contributed by atoms with Crippen molar-refractivity contribution in [1.82, 2.24) is 5.32 Å². The maximum atomic E-state index is 10.5. The van der Waals surface area contributed by atoms with E-state index in [0.29, 0.717) is 6.10 Å². The first-order chi connectivity index (χ1) is 5.33. The van der Waals surface area contributed by atoms with Crippen LogP contribution in [-0.2, 0) is 4.74 Å². The molecule has 4 heteroatoms. The number of rotatable bonds is 3. The molecular weight excluding hydrogens is 144 g/mol. The summed E-state index contributed by atoms with van der Waals surface area (Å²) in [7, 11) is 1.56. The van der Waals surface area contributed by atoms with Crippen molar-refractivity contribution in [2.45, 2.75) is 18.9 Å². The summed E-state index contributed by atoms with van der Waals surface area (Å²) in [6, 6.07) is -0.290. The molecule has 1 N–H and O–H groups in total. The van der Waals surface area contributed by atoms with Crippen molar-refractivity contribution in [2.24, 2.45) is 4.99 Å². The average Bonchev–Trinajstić information content (AvgIpc) is 2.81. The highest BCUT2D eigenvalue weighted by Gasteiger charge is 2.20. The van der Waals surface area contributed by atoms with E-state index in [-0.39, 0.29) is 6.03 Å². The minimum absolute atomic E-state index is 0.290. The molecule has 4 nitrogen and oxygen atoms in total. The van der Waals surface area contributed by atoms with Crippen molar-refractivity contribution in [3.8, 4) is 0 Å². The van der Waals surface area contributed by atoms with Crippen LogP contribution in [0, 0.1) is 0 Å². The Hall–Kier alpha value is -0.900. The van der Waals surface area contributed by atoms with Crippen LogP contribution in [0.15, 0.2) is 4.99 Å². The number of amides is 2. The van der Waals surface area contributed by atoms with Gasteiger partial charge >= 0.3 is 6.03 Å². The first-order valence-electron chi connectivity index (χ1n) is 3.69. The maximum absolute atomic E-state index is 10.5. The highest BCUT2D eigenvalue weighted by atomic mass is 16.6. The summed E-state index contributed by atoms with van der Waals surface area (Å²) in [5.74, 6) is 0. The number of nitrogens with zero attached hydrogens (tertiary/aromatic N) is 1. The molecule has 1 unspecified atom stereocenters. The number of hydrogen-bond donors (Lipinski definition) is 1. The van der Waals surface area contributed by atoms with Gasteiger partial charge in [-0.25, -0.2) is 9.79 Å². The lowest BCUT2D eigenvalue weighted by Gasteiger charge is -1.89. The van der Waals surface area contributed by atoms with E-state index in [0.717, 1.165) is 19.4 Å². The van der Waals surface area contributed by atoms with Gasteiger partial charge in [0, 0.05) is 13.3 Å². The largest absolute Gasteiger partial charge is 0.373 e. The van der Waals surface area contributed by atoms with Crippen LogP contribution in [0.25, 0.3) is 0 Å². The number of urea groups is 1. The summed E-state index contributed by atoms with van der Waals surface area (Å²) >= 11 is 0. The topological polar surface area (TPSA) is 54.0 Å². The van der Waals surface area contributed by atoms with Gasteiger partial charge in [0.2, 0.25) is 0 Å². The molecule has 1 aliphatic rings. The summed E-state index contributed by atoms with van der Waals surface area (Å²) < 4.78 is 4.98. The Balaban J connectivity index is 1.99. The lowest BCUT2D eigenvalue weighted by Crippen LogP contribution is -2.12. The van der Waals surface area contributed by atoms with E-state index in [1.165, 1.54) is 0 Å². The number of hydrogen-bond acceptors (Lipinski definition) is 2. The second kappa shape index (κ2) is 4.08. The molecule has 0 aromatic heterocycles. The molecule has 1 aliphatic heterocycles. The predicted molar refractivity (Wildman–Crippen MR) is 41.9 cm³/mol. The SMILES string of the molecule is CNC(=O)N=CCCC1CO1. The molecule has 0 radical (unpaired) electrons. The van der Waals surface area contributed by atoms with Crippen molar-refractivity contribution < 1.29 is 9.53 Å². The molecule has 0 spiro atoms. The monoisotopic (exact) mass is 156 g/mol. The molecule has 0 saturated carbocycles. The summed E-state index contributed by atoms with van der Waals surface area (Å²) in [4.78, 5) is 14.1. The van der Waals surface area contributed by atoms with Gasteiger partial charge in [0.15, 0.2) is 0 Å². The summed E-state index contributed by atoms with van der Waals surface area (Å²) in [5.41, 5.74) is 0. The number of carbonyl (C=O) groups excluding carboxylic acids is 1. The van der Waals surface area contributed by atoms with E-state index in [1.54, 1.807) is 13.3 Å². The lowest BCUT2D eigenvalue weighted by molar-refractivity contribution is 0.251. The van der Waals surface area contributed by atoms with Crippen LogP contribution in [0.1, 0.15) is 12.8 Å². The molecule has 0 aromatic rings. The van der Waals surface area contributed by atoms with Gasteiger partial charge in [-0.05, 0) is 12.8 Å². The van der Waals surface area contributed by atoms with Crippen LogP contribution >= 0.6 is 0 Å². The van der Waals surface area contributed by atoms with Gasteiger partial charge in [0.05, 0.1) is 12.7 Å². The van der Waals surface area contributed by atoms with Gasteiger partial charge in [-0.2, -0.15) is 0 Å². The Morgan fingerprint density at radius 1 is 1.91 bits per heavy atom. The third-order valence-electron chi connectivity index (χ3n) is 1.44. The number of epoxide rings is 1. The summed E-state index contributed by atoms with van der Waals surface area (Å²) in [5, 5.41) is 2.40. The number of aliphatic imine (C=N–C) groups is 1. The van der Waals surface area contributed by atoms with Crippen LogP contribution < -0.4 is 5.32 Å². The fourth-order valence-electron chi connectivity index (χ4n) is 0.707. The molecule has 1 fully saturated rings. The average molecular weight is 156 g/mol. The molecule has 0 bridgehead atoms. The third kappa shape index (κ3) is 3.72. The van der Waals surface area contributed by atoms with Crippen LogP contribution in [-0.4, -0.2) is 32.0 Å². The van der Waals surface area contributed by atoms with Crippen molar-refractivity contribution in [2.75, 3.05) is 13.7 Å². The van der Waals surface area contributed by atoms with Gasteiger partial charge in [-0.15, -0.1) is 0 Å². The zero-order valence-electron chi connectivity index (χ0n) is 6.54. The highest BCUT2D eigenvalue weighted by Crippen LogP contribution is 2.13. The van der Waals surface area contributed by atoms with Crippen molar-refractivity contribution in [3.05, 3.63) is 0 Å². The number of nitrogens with one attached hydrogen (secondary N) is 1. The standard InChI is InChI=1S/C7H12N2O2/c1-8-7(10)9-4-2-3-6-5-11-6/h4,6H,2-3,5H2,1H3,(H,8,10). The second-order valence-corrected chi connectivity index (χ2v) is 2.40. The molecule has 0 aliphatic carbocycles. The minimum Gasteiger partial charge on any atom is -0.373 e. The van der Waals surface area contributed by atoms with Crippen LogP contribution in [0.4, 0.5) is 4.79 Å². The van der Waals surface area contributed by atoms with Crippen molar-refractivity contribution in [3.63, 3.8) is 0 Å². The second-order valence-electron chi connectivity index (χ2n) is 2.40. The summed E-state index contributed by atoms with van der Waals surface area (Å²) in [6.45, 7) is 0.869. The van der Waals surface area contributed by atoms with E-state index in [1.807, 2.05) is 0 Å². The van der Waals surface area contributed by atoms with E-state index in [4.69, 9.17) is 4.74 Å². The zero-order chi connectivity index (χ0) is 8.10. The molecule has 1 heterocycles. The maximum Gasteiger partial charge on any atom is 0.340 e. The molecule has 1 saturated heterocycles. The molecule has 1 atom stereocenters. The van der Waals surface area contributed by atoms with Gasteiger partial charge in [-0.3, -0.25) is 0 Å². The molecule has 1 rings (SSSR count). The Labute approximate surface area is 65.6 Å². The predicted octanol–water partition coefficient (Wildman–Crippen LogP) is 0.576. The highest BCUT2D eigenvalue weighted by molar-refractivity contribution is 5.83. The van der Waals surface area contributed by atoms with Gasteiger partial charge in [0.25, 0.3) is 0 Å². The third-order valence-corrected chi connectivity index (χ3v) is 1.44. The molecule has 2 amide bonds. The van der Waals surface area contributed by atoms with Crippen LogP contribution in [0.3, 0.4) is 0 Å². The Kier molecular flexibility index (Phi) is 3.04. The Morgan fingerprint density at radius 3 is 3.18 bits per heavy atom. The molecule has 11 heavy (non-hydrogen) atoms. The normalized spacial score (nSPS) is 22.1. The number of ether oxygens (including phenoxy) is 1. The lowest BCUT2D eigenvalue weighted by atomic mass is 10.3. The van der Waals surface area contributed by atoms with Crippen LogP contribution in [0.5, 0.6) is 0 Å². The quantitative estimate of drug-likeness (QED) is 0.480. The smallest absolute Gasteiger partial charge is 0.340 e. The van der Waals surface area contributed by atoms with Crippen molar-refractivity contribution >= 4 is 12.2 Å². The Morgan fingerprint density at radius 2 is 2.64 bits per heavy atom. The van der Waals surface area contributed by atoms with Crippen LogP contribution in [0.2, 0.25) is 0 Å². The van der Waals surface area contributed by atoms with E-state index >= 15 is 0 Å². The summed E-state index contributed by atoms with van der Waals surface area (Å²) in [6.07, 6.45) is 3.84. The van der Waals surface area contributed by atoms with Gasteiger partial charge in [0.1, 0.15) is 0 Å². The van der Waals surface area contributed by atoms with E-state index < -0.39 is 0 Å². The van der Waals surface area contributed by atoms with E-state index in [9.17, 15) is 4.79 Å². The zero-order valence-corrected chi connectivity index (χ0v) is 6.54. The first kappa shape index (κ1) is 8.20. The van der Waals surface area contributed by atoms with Gasteiger partial charge < -0.3 is 10.1 Å². The van der Waals surface area contributed by atoms with E-state index in [2.05, 4.69) is 10.3 Å². The number of carbonyl (C=O) groups is 1. The van der Waals surface area contributed by atoms with Crippen molar-refractivity contribution in [1.29, 1.82) is 0 Å². The molecular formula is C7H12N2O2. The first-order valence-corrected chi connectivity index (χ1v) is 3.69. The minimum atomic E-state index is -0.290.